The van der Waals surface area contributed by atoms with Gasteiger partial charge in [-0.1, -0.05) is 176 Å². The number of benzene rings is 9. The molecule has 0 amide bonds. The van der Waals surface area contributed by atoms with Crippen LogP contribution in [0, 0.1) is 0 Å². The van der Waals surface area contributed by atoms with Crippen molar-refractivity contribution in [2.75, 3.05) is 0 Å². The highest BCUT2D eigenvalue weighted by Gasteiger charge is 2.24. The van der Waals surface area contributed by atoms with E-state index in [1.165, 1.54) is 5.39 Å². The smallest absolute Gasteiger partial charge is 0.167 e. The second kappa shape index (κ2) is 14.7. The lowest BCUT2D eigenvalue weighted by molar-refractivity contribution is 0.670. The van der Waals surface area contributed by atoms with Gasteiger partial charge in [0.15, 0.2) is 17.5 Å². The largest absolute Gasteiger partial charge is 0.455 e. The number of aromatic nitrogens is 4. The number of fused-ring (bicyclic) bond motifs is 6. The summed E-state index contributed by atoms with van der Waals surface area (Å²) in [6, 6.07) is 76.2. The van der Waals surface area contributed by atoms with Gasteiger partial charge in [-0.05, 0) is 70.3 Å². The maximum absolute atomic E-state index is 7.22. The fourth-order valence-corrected chi connectivity index (χ4v) is 8.95. The van der Waals surface area contributed by atoms with Crippen molar-refractivity contribution in [1.82, 2.24) is 19.5 Å². The molecule has 0 fully saturated rings. The lowest BCUT2D eigenvalue weighted by Gasteiger charge is -2.11. The molecular formula is C57H36N4O. The zero-order valence-corrected chi connectivity index (χ0v) is 33.5. The first-order valence-electron chi connectivity index (χ1n) is 20.9. The van der Waals surface area contributed by atoms with E-state index in [9.17, 15) is 0 Å². The van der Waals surface area contributed by atoms with Crippen molar-refractivity contribution < 1.29 is 4.42 Å². The van der Waals surface area contributed by atoms with E-state index < -0.39 is 0 Å². The van der Waals surface area contributed by atoms with E-state index in [0.717, 1.165) is 94.1 Å². The lowest BCUT2D eigenvalue weighted by atomic mass is 9.92. The zero-order valence-electron chi connectivity index (χ0n) is 33.5. The summed E-state index contributed by atoms with van der Waals surface area (Å²) in [6.07, 6.45) is 0. The molecule has 62 heavy (non-hydrogen) atoms. The van der Waals surface area contributed by atoms with Gasteiger partial charge < -0.3 is 8.98 Å². The molecule has 0 aliphatic carbocycles. The normalized spacial score (nSPS) is 11.5. The zero-order chi connectivity index (χ0) is 41.0. The van der Waals surface area contributed by atoms with Crippen LogP contribution in [0.3, 0.4) is 0 Å². The predicted octanol–water partition coefficient (Wildman–Crippen LogP) is 14.9. The summed E-state index contributed by atoms with van der Waals surface area (Å²) >= 11 is 0. The summed E-state index contributed by atoms with van der Waals surface area (Å²) in [7, 11) is 0. The minimum Gasteiger partial charge on any atom is -0.455 e. The Kier molecular flexibility index (Phi) is 8.42. The average molecular weight is 793 g/mol. The van der Waals surface area contributed by atoms with Gasteiger partial charge in [-0.3, -0.25) is 0 Å². The molecule has 0 spiro atoms. The summed E-state index contributed by atoms with van der Waals surface area (Å²) in [5.41, 5.74) is 13.9. The summed E-state index contributed by atoms with van der Waals surface area (Å²) < 4.78 is 9.54. The fraction of sp³-hybridized carbons (Fsp3) is 0. The highest BCUT2D eigenvalue weighted by molar-refractivity contribution is 6.19. The van der Waals surface area contributed by atoms with Gasteiger partial charge in [0.2, 0.25) is 0 Å². The van der Waals surface area contributed by atoms with Crippen molar-refractivity contribution in [1.29, 1.82) is 0 Å². The van der Waals surface area contributed by atoms with Crippen LogP contribution in [0.1, 0.15) is 0 Å². The molecule has 0 bridgehead atoms. The van der Waals surface area contributed by atoms with Gasteiger partial charge >= 0.3 is 0 Å². The molecular weight excluding hydrogens is 757 g/mol. The summed E-state index contributed by atoms with van der Waals surface area (Å²) in [5, 5.41) is 4.39. The van der Waals surface area contributed by atoms with Crippen molar-refractivity contribution in [2.45, 2.75) is 0 Å². The molecule has 3 aromatic heterocycles. The van der Waals surface area contributed by atoms with Crippen molar-refractivity contribution in [3.05, 3.63) is 218 Å². The van der Waals surface area contributed by atoms with E-state index in [1.54, 1.807) is 0 Å². The maximum Gasteiger partial charge on any atom is 0.167 e. The summed E-state index contributed by atoms with van der Waals surface area (Å²) in [6.45, 7) is 0. The Morgan fingerprint density at radius 3 is 1.53 bits per heavy atom. The number of nitrogens with zero attached hydrogens (tertiary/aromatic N) is 4. The number of furan rings is 1. The number of hydrogen-bond acceptors (Lipinski definition) is 4. The minimum atomic E-state index is 0.533. The minimum absolute atomic E-state index is 0.533. The van der Waals surface area contributed by atoms with E-state index >= 15 is 0 Å². The third-order valence-corrected chi connectivity index (χ3v) is 11.9. The Hall–Kier alpha value is -8.41. The first kappa shape index (κ1) is 35.5. The molecule has 0 aliphatic rings. The lowest BCUT2D eigenvalue weighted by Crippen LogP contribution is -2.01. The Morgan fingerprint density at radius 1 is 0.306 bits per heavy atom. The second-order valence-corrected chi connectivity index (χ2v) is 15.6. The molecule has 5 heteroatoms. The molecule has 3 heterocycles. The fourth-order valence-electron chi connectivity index (χ4n) is 8.95. The van der Waals surface area contributed by atoms with Crippen molar-refractivity contribution in [2.24, 2.45) is 0 Å². The summed E-state index contributed by atoms with van der Waals surface area (Å²) in [4.78, 5) is 15.8. The van der Waals surface area contributed by atoms with Crippen molar-refractivity contribution in [3.8, 4) is 73.2 Å². The Balaban J connectivity index is 1.14. The standard InChI is InChI=1S/C57H36N4O/c1-6-18-37(19-7-1)42-34-48(39-22-10-3-11-23-39)53-49(35-42)52-44(38-20-8-2-9-21-38)32-33-47(54(52)62-53)57-59-55(40-24-12-4-13-25-40)58-56(60-57)41-30-31-46-45-28-16-17-29-50(45)61(51(46)36-41)43-26-14-5-15-27-43/h1-36H. The Bertz CT molecular complexity index is 3600. The highest BCUT2D eigenvalue weighted by atomic mass is 16.3. The van der Waals surface area contributed by atoms with Gasteiger partial charge in [0, 0.05) is 43.9 Å². The molecule has 290 valence electrons. The van der Waals surface area contributed by atoms with E-state index in [4.69, 9.17) is 19.4 Å². The summed E-state index contributed by atoms with van der Waals surface area (Å²) in [5.74, 6) is 1.70. The predicted molar refractivity (Wildman–Crippen MR) is 254 cm³/mol. The van der Waals surface area contributed by atoms with Gasteiger partial charge in [0.1, 0.15) is 11.2 Å². The van der Waals surface area contributed by atoms with Gasteiger partial charge in [0.25, 0.3) is 0 Å². The van der Waals surface area contributed by atoms with Crippen LogP contribution in [-0.4, -0.2) is 19.5 Å². The molecule has 0 N–H and O–H groups in total. The third-order valence-electron chi connectivity index (χ3n) is 11.9. The van der Waals surface area contributed by atoms with Crippen molar-refractivity contribution >= 4 is 43.7 Å². The molecule has 0 atom stereocenters. The van der Waals surface area contributed by atoms with E-state index in [-0.39, 0.29) is 0 Å². The molecule has 12 rings (SSSR count). The van der Waals surface area contributed by atoms with Gasteiger partial charge in [0.05, 0.1) is 16.6 Å². The van der Waals surface area contributed by atoms with Crippen LogP contribution in [0.5, 0.6) is 0 Å². The monoisotopic (exact) mass is 792 g/mol. The van der Waals surface area contributed by atoms with Crippen molar-refractivity contribution in [3.63, 3.8) is 0 Å². The molecule has 0 radical (unpaired) electrons. The van der Waals surface area contributed by atoms with Crippen LogP contribution in [0.4, 0.5) is 0 Å². The first-order chi connectivity index (χ1) is 30.7. The van der Waals surface area contributed by atoms with Crippen LogP contribution >= 0.6 is 0 Å². The van der Waals surface area contributed by atoms with Gasteiger partial charge in [-0.15, -0.1) is 0 Å². The van der Waals surface area contributed by atoms with Gasteiger partial charge in [-0.25, -0.2) is 15.0 Å². The van der Waals surface area contributed by atoms with Crippen LogP contribution in [0.25, 0.3) is 117 Å². The molecule has 0 saturated carbocycles. The van der Waals surface area contributed by atoms with Crippen LogP contribution in [0.15, 0.2) is 223 Å². The van der Waals surface area contributed by atoms with E-state index in [2.05, 4.69) is 187 Å². The average Bonchev–Trinajstić information content (AvgIpc) is 3.91. The Labute approximate surface area is 357 Å². The molecule has 5 nitrogen and oxygen atoms in total. The number of para-hydroxylation sites is 2. The Morgan fingerprint density at radius 2 is 0.839 bits per heavy atom. The second-order valence-electron chi connectivity index (χ2n) is 15.6. The third kappa shape index (κ3) is 5.98. The molecule has 0 unspecified atom stereocenters. The van der Waals surface area contributed by atoms with Crippen LogP contribution < -0.4 is 0 Å². The molecule has 9 aromatic carbocycles. The molecule has 0 aliphatic heterocycles. The number of hydrogen-bond donors (Lipinski definition) is 0. The van der Waals surface area contributed by atoms with Crippen LogP contribution in [0.2, 0.25) is 0 Å². The molecule has 0 saturated heterocycles. The topological polar surface area (TPSA) is 56.7 Å². The SMILES string of the molecule is c1ccc(-c2cc(-c3ccccc3)c3oc4c(-c5nc(-c6ccccc6)nc(-c6ccc7c8ccccc8n(-c8ccccc8)c7c6)n5)ccc(-c5ccccc5)c4c3c2)cc1. The quantitative estimate of drug-likeness (QED) is 0.161. The van der Waals surface area contributed by atoms with Crippen LogP contribution in [-0.2, 0) is 0 Å². The first-order valence-corrected chi connectivity index (χ1v) is 20.9. The van der Waals surface area contributed by atoms with E-state index in [1.807, 2.05) is 36.4 Å². The highest BCUT2D eigenvalue weighted by Crippen LogP contribution is 2.46. The van der Waals surface area contributed by atoms with Gasteiger partial charge in [-0.2, -0.15) is 0 Å². The maximum atomic E-state index is 7.22. The van der Waals surface area contributed by atoms with E-state index in [0.29, 0.717) is 17.5 Å². The number of rotatable bonds is 7. The molecule has 12 aromatic rings.